The van der Waals surface area contributed by atoms with Crippen LogP contribution in [0.3, 0.4) is 0 Å². The smallest absolute Gasteiger partial charge is 0.300 e. The van der Waals surface area contributed by atoms with E-state index in [1.807, 2.05) is 43.3 Å². The van der Waals surface area contributed by atoms with Crippen molar-refractivity contribution in [2.45, 2.75) is 19.6 Å². The number of anilines is 1. The number of phenols is 1. The normalized spacial score (nSPS) is 16.7. The topological polar surface area (TPSA) is 87.1 Å². The minimum absolute atomic E-state index is 0.00749. The number of rotatable bonds is 6. The number of aromatic hydroxyl groups is 1. The number of carbonyl (C=O) groups is 2. The molecule has 1 aliphatic rings. The maximum absolute atomic E-state index is 13.3. The Balaban J connectivity index is 1.55. The average molecular weight is 492 g/mol. The first kappa shape index (κ1) is 23.9. The Morgan fingerprint density at radius 3 is 2.24 bits per heavy atom. The Morgan fingerprint density at radius 1 is 0.865 bits per heavy atom. The van der Waals surface area contributed by atoms with Gasteiger partial charge in [0.05, 0.1) is 11.6 Å². The number of ether oxygens (including phenoxy) is 1. The summed E-state index contributed by atoms with van der Waals surface area (Å²) >= 11 is 0. The monoisotopic (exact) mass is 491 g/mol. The molecule has 1 aliphatic heterocycles. The maximum atomic E-state index is 13.3. The highest BCUT2D eigenvalue weighted by atomic mass is 16.5. The Morgan fingerprint density at radius 2 is 1.57 bits per heavy atom. The van der Waals surface area contributed by atoms with Crippen molar-refractivity contribution in [1.82, 2.24) is 0 Å². The second kappa shape index (κ2) is 10.0. The van der Waals surface area contributed by atoms with Crippen molar-refractivity contribution in [2.24, 2.45) is 0 Å². The fourth-order valence-electron chi connectivity index (χ4n) is 4.55. The van der Waals surface area contributed by atoms with E-state index in [1.54, 1.807) is 54.6 Å². The number of aliphatic hydroxyl groups excluding tert-OH is 1. The van der Waals surface area contributed by atoms with Crippen LogP contribution < -0.4 is 9.64 Å². The first-order chi connectivity index (χ1) is 17.9. The second-order valence-corrected chi connectivity index (χ2v) is 8.85. The molecule has 1 saturated heterocycles. The number of hydrogen-bond acceptors (Lipinski definition) is 5. The van der Waals surface area contributed by atoms with Crippen LogP contribution in [0.5, 0.6) is 11.5 Å². The summed E-state index contributed by atoms with van der Waals surface area (Å²) < 4.78 is 5.94. The van der Waals surface area contributed by atoms with Crippen LogP contribution in [0.15, 0.2) is 109 Å². The molecule has 1 atom stereocenters. The Bertz CT molecular complexity index is 1490. The van der Waals surface area contributed by atoms with Gasteiger partial charge in [0.1, 0.15) is 23.9 Å². The maximum Gasteiger partial charge on any atom is 0.300 e. The van der Waals surface area contributed by atoms with Gasteiger partial charge in [-0.3, -0.25) is 14.5 Å². The molecule has 1 heterocycles. The summed E-state index contributed by atoms with van der Waals surface area (Å²) in [5.74, 6) is -1.19. The van der Waals surface area contributed by atoms with Crippen LogP contribution in [0.2, 0.25) is 0 Å². The average Bonchev–Trinajstić information content (AvgIpc) is 3.18. The van der Waals surface area contributed by atoms with Crippen LogP contribution in [0, 0.1) is 6.92 Å². The molecule has 6 heteroatoms. The van der Waals surface area contributed by atoms with Crippen molar-refractivity contribution < 1.29 is 24.5 Å². The molecule has 1 unspecified atom stereocenters. The lowest BCUT2D eigenvalue weighted by molar-refractivity contribution is -0.132. The molecule has 184 valence electrons. The fraction of sp³-hybridized carbons (Fsp3) is 0.0968. The van der Waals surface area contributed by atoms with Gasteiger partial charge >= 0.3 is 0 Å². The zero-order valence-corrected chi connectivity index (χ0v) is 20.2. The molecule has 5 rings (SSSR count). The lowest BCUT2D eigenvalue weighted by Gasteiger charge is -2.25. The molecule has 0 saturated carbocycles. The third-order valence-corrected chi connectivity index (χ3v) is 6.35. The number of aryl methyl sites for hydroxylation is 1. The number of Topliss-reactive ketones (excluding diaryl/α,β-unsaturated/α-hetero) is 1. The fourth-order valence-corrected chi connectivity index (χ4v) is 4.55. The number of carbonyl (C=O) groups excluding carboxylic acids is 2. The van der Waals surface area contributed by atoms with E-state index in [2.05, 4.69) is 0 Å². The molecule has 0 spiro atoms. The van der Waals surface area contributed by atoms with Gasteiger partial charge in [-0.15, -0.1) is 0 Å². The van der Waals surface area contributed by atoms with Crippen molar-refractivity contribution in [3.05, 3.63) is 131 Å². The molecule has 4 aromatic carbocycles. The highest BCUT2D eigenvalue weighted by molar-refractivity contribution is 6.51. The molecule has 0 bridgehead atoms. The van der Waals surface area contributed by atoms with Crippen molar-refractivity contribution in [3.8, 4) is 11.5 Å². The Labute approximate surface area is 214 Å². The molecule has 0 radical (unpaired) electrons. The molecule has 2 N–H and O–H groups in total. The summed E-state index contributed by atoms with van der Waals surface area (Å²) in [5.41, 5.74) is 3.16. The van der Waals surface area contributed by atoms with Crippen molar-refractivity contribution >= 4 is 23.1 Å². The van der Waals surface area contributed by atoms with E-state index in [0.29, 0.717) is 29.2 Å². The summed E-state index contributed by atoms with van der Waals surface area (Å²) in [6.45, 7) is 2.25. The van der Waals surface area contributed by atoms with Crippen molar-refractivity contribution in [2.75, 3.05) is 4.90 Å². The van der Waals surface area contributed by atoms with Gasteiger partial charge < -0.3 is 14.9 Å². The third-order valence-electron chi connectivity index (χ3n) is 6.35. The number of ketones is 1. The summed E-state index contributed by atoms with van der Waals surface area (Å²) in [6, 6.07) is 29.2. The van der Waals surface area contributed by atoms with Gasteiger partial charge in [-0.05, 0) is 66.1 Å². The molecule has 0 aromatic heterocycles. The lowest BCUT2D eigenvalue weighted by Crippen LogP contribution is -2.29. The predicted molar refractivity (Wildman–Crippen MR) is 141 cm³/mol. The van der Waals surface area contributed by atoms with Crippen molar-refractivity contribution in [1.29, 1.82) is 0 Å². The zero-order chi connectivity index (χ0) is 25.9. The van der Waals surface area contributed by atoms with E-state index >= 15 is 0 Å². The number of hydrogen-bond donors (Lipinski definition) is 2. The molecule has 0 aliphatic carbocycles. The highest BCUT2D eigenvalue weighted by Gasteiger charge is 2.47. The zero-order valence-electron chi connectivity index (χ0n) is 20.2. The van der Waals surface area contributed by atoms with E-state index < -0.39 is 17.7 Å². The van der Waals surface area contributed by atoms with Crippen LogP contribution in [-0.2, 0) is 16.2 Å². The summed E-state index contributed by atoms with van der Waals surface area (Å²) in [6.07, 6.45) is 0. The number of para-hydroxylation sites is 1. The van der Waals surface area contributed by atoms with Crippen LogP contribution in [-0.4, -0.2) is 21.9 Å². The first-order valence-corrected chi connectivity index (χ1v) is 11.9. The van der Waals surface area contributed by atoms with Gasteiger partial charge in [-0.1, -0.05) is 60.7 Å². The van der Waals surface area contributed by atoms with Crippen LogP contribution in [0.25, 0.3) is 5.76 Å². The molecular weight excluding hydrogens is 466 g/mol. The quantitative estimate of drug-likeness (QED) is 0.199. The van der Waals surface area contributed by atoms with Gasteiger partial charge in [-0.2, -0.15) is 0 Å². The number of aliphatic hydroxyl groups is 1. The third kappa shape index (κ3) is 4.69. The van der Waals surface area contributed by atoms with Gasteiger partial charge in [-0.25, -0.2) is 0 Å². The van der Waals surface area contributed by atoms with Crippen LogP contribution in [0.4, 0.5) is 5.69 Å². The Hall–Kier alpha value is -4.84. The number of benzene rings is 4. The van der Waals surface area contributed by atoms with Gasteiger partial charge in [0.2, 0.25) is 0 Å². The summed E-state index contributed by atoms with van der Waals surface area (Å²) in [7, 11) is 0. The van der Waals surface area contributed by atoms with Gasteiger partial charge in [0.15, 0.2) is 0 Å². The van der Waals surface area contributed by atoms with Crippen LogP contribution >= 0.6 is 0 Å². The number of amides is 1. The number of nitrogens with zero attached hydrogens (tertiary/aromatic N) is 1. The van der Waals surface area contributed by atoms with E-state index in [0.717, 1.165) is 11.1 Å². The molecule has 37 heavy (non-hydrogen) atoms. The first-order valence-electron chi connectivity index (χ1n) is 11.9. The van der Waals surface area contributed by atoms with Crippen LogP contribution in [0.1, 0.15) is 28.3 Å². The molecule has 1 amide bonds. The SMILES string of the molecule is Cc1cc(/C(O)=C2/C(=O)C(=O)N(c3ccccc3)C2c2cccc(O)c2)ccc1OCc1ccccc1. The number of phenolic OH excluding ortho intramolecular Hbond substituents is 1. The van der Waals surface area contributed by atoms with Gasteiger partial charge in [0, 0.05) is 11.3 Å². The lowest BCUT2D eigenvalue weighted by atomic mass is 9.94. The van der Waals surface area contributed by atoms with E-state index in [-0.39, 0.29) is 17.1 Å². The summed E-state index contributed by atoms with van der Waals surface area (Å²) in [4.78, 5) is 27.9. The second-order valence-electron chi connectivity index (χ2n) is 8.85. The largest absolute Gasteiger partial charge is 0.508 e. The molecule has 4 aromatic rings. The summed E-state index contributed by atoms with van der Waals surface area (Å²) in [5, 5.41) is 21.5. The van der Waals surface area contributed by atoms with E-state index in [4.69, 9.17) is 4.74 Å². The molecular formula is C31H25NO5. The molecule has 6 nitrogen and oxygen atoms in total. The minimum atomic E-state index is -0.913. The minimum Gasteiger partial charge on any atom is -0.508 e. The highest BCUT2D eigenvalue weighted by Crippen LogP contribution is 2.43. The molecule has 1 fully saturated rings. The van der Waals surface area contributed by atoms with Crippen molar-refractivity contribution in [3.63, 3.8) is 0 Å². The van der Waals surface area contributed by atoms with E-state index in [9.17, 15) is 19.8 Å². The predicted octanol–water partition coefficient (Wildman–Crippen LogP) is 5.91. The van der Waals surface area contributed by atoms with E-state index in [1.165, 1.54) is 17.0 Å². The van der Waals surface area contributed by atoms with Gasteiger partial charge in [0.25, 0.3) is 11.7 Å². The standard InChI is InChI=1S/C31H25NO5/c1-20-17-23(15-16-26(20)37-19-21-9-4-2-5-10-21)29(34)27-28(22-11-8-14-25(33)18-22)32(31(36)30(27)35)24-12-6-3-7-13-24/h2-18,28,33-34H,19H2,1H3/b29-27-. The Kier molecular flexibility index (Phi) is 6.47.